The zero-order chi connectivity index (χ0) is 25.2. The first-order valence-corrected chi connectivity index (χ1v) is 12.8. The Morgan fingerprint density at radius 1 is 1.06 bits per heavy atom. The number of aromatic nitrogens is 2. The zero-order valence-corrected chi connectivity index (χ0v) is 21.7. The van der Waals surface area contributed by atoms with Crippen LogP contribution in [-0.4, -0.2) is 72.1 Å². The number of carbonyl (C=O) groups excluding carboxylic acids is 1. The summed E-state index contributed by atoms with van der Waals surface area (Å²) >= 11 is 0. The van der Waals surface area contributed by atoms with Crippen molar-refractivity contribution in [2.24, 2.45) is 0 Å². The number of aryl methyl sites for hydroxylation is 1. The Balaban J connectivity index is 1.42. The molecule has 0 spiro atoms. The maximum Gasteiger partial charge on any atom is 0.219 e. The van der Waals surface area contributed by atoms with Crippen LogP contribution in [0.2, 0.25) is 0 Å². The number of anilines is 1. The summed E-state index contributed by atoms with van der Waals surface area (Å²) in [6.07, 6.45) is 0.924. The number of carbonyl (C=O) groups is 1. The third-order valence-corrected chi connectivity index (χ3v) is 7.30. The fourth-order valence-electron chi connectivity index (χ4n) is 5.01. The third kappa shape index (κ3) is 4.95. The SMILES string of the molecule is CC(=O)N1CCCN(c2nc(CN(C)[C@@H](C)c3ccc4c(c3)OCCO4)nc3c(C)cccc23)CC1. The van der Waals surface area contributed by atoms with E-state index in [1.807, 2.05) is 11.0 Å². The summed E-state index contributed by atoms with van der Waals surface area (Å²) in [7, 11) is 2.10. The van der Waals surface area contributed by atoms with E-state index >= 15 is 0 Å². The Hall–Kier alpha value is -3.39. The number of ether oxygens (including phenoxy) is 2. The molecule has 5 rings (SSSR count). The molecule has 0 aliphatic carbocycles. The van der Waals surface area contributed by atoms with Gasteiger partial charge in [0.2, 0.25) is 5.91 Å². The number of fused-ring (bicyclic) bond motifs is 2. The maximum absolute atomic E-state index is 11.9. The van der Waals surface area contributed by atoms with E-state index in [2.05, 4.69) is 61.0 Å². The fraction of sp³-hybridized carbons (Fsp3) is 0.464. The number of para-hydroxylation sites is 1. The van der Waals surface area contributed by atoms with E-state index < -0.39 is 0 Å². The lowest BCUT2D eigenvalue weighted by Gasteiger charge is -2.28. The molecular weight excluding hydrogens is 454 g/mol. The van der Waals surface area contributed by atoms with Gasteiger partial charge in [-0.3, -0.25) is 9.69 Å². The van der Waals surface area contributed by atoms with Crippen LogP contribution in [0.5, 0.6) is 11.5 Å². The van der Waals surface area contributed by atoms with E-state index in [1.54, 1.807) is 6.92 Å². The van der Waals surface area contributed by atoms with Crippen molar-refractivity contribution in [3.63, 3.8) is 0 Å². The first-order valence-electron chi connectivity index (χ1n) is 12.8. The molecule has 0 bridgehead atoms. The number of benzene rings is 2. The van der Waals surface area contributed by atoms with Gasteiger partial charge in [0, 0.05) is 44.5 Å². The molecule has 0 N–H and O–H groups in total. The minimum Gasteiger partial charge on any atom is -0.486 e. The Morgan fingerprint density at radius 3 is 2.67 bits per heavy atom. The predicted molar refractivity (Wildman–Crippen MR) is 141 cm³/mol. The van der Waals surface area contributed by atoms with Gasteiger partial charge in [-0.2, -0.15) is 0 Å². The molecule has 0 radical (unpaired) electrons. The molecule has 1 fully saturated rings. The number of rotatable bonds is 5. The highest BCUT2D eigenvalue weighted by Crippen LogP contribution is 2.34. The summed E-state index contributed by atoms with van der Waals surface area (Å²) in [6.45, 7) is 10.8. The lowest BCUT2D eigenvalue weighted by Crippen LogP contribution is -2.34. The number of hydrogen-bond donors (Lipinski definition) is 0. The van der Waals surface area contributed by atoms with Gasteiger partial charge in [-0.25, -0.2) is 9.97 Å². The summed E-state index contributed by atoms with van der Waals surface area (Å²) < 4.78 is 11.5. The van der Waals surface area contributed by atoms with Gasteiger partial charge < -0.3 is 19.3 Å². The van der Waals surface area contributed by atoms with Crippen molar-refractivity contribution in [1.29, 1.82) is 0 Å². The van der Waals surface area contributed by atoms with Gasteiger partial charge in [0.15, 0.2) is 11.5 Å². The van der Waals surface area contributed by atoms with E-state index in [9.17, 15) is 4.79 Å². The molecule has 0 unspecified atom stereocenters. The lowest BCUT2D eigenvalue weighted by atomic mass is 10.1. The minimum absolute atomic E-state index is 0.135. The van der Waals surface area contributed by atoms with Crippen molar-refractivity contribution in [2.75, 3.05) is 51.3 Å². The van der Waals surface area contributed by atoms with Crippen molar-refractivity contribution < 1.29 is 14.3 Å². The molecule has 1 amide bonds. The average molecular weight is 490 g/mol. The van der Waals surface area contributed by atoms with Crippen LogP contribution in [0.15, 0.2) is 36.4 Å². The largest absolute Gasteiger partial charge is 0.486 e. The second kappa shape index (κ2) is 10.3. The van der Waals surface area contributed by atoms with Crippen LogP contribution in [0.1, 0.15) is 43.3 Å². The lowest BCUT2D eigenvalue weighted by molar-refractivity contribution is -0.128. The first kappa shape index (κ1) is 24.3. The molecule has 1 saturated heterocycles. The molecule has 1 atom stereocenters. The maximum atomic E-state index is 11.9. The summed E-state index contributed by atoms with van der Waals surface area (Å²) in [5.41, 5.74) is 3.29. The second-order valence-corrected chi connectivity index (χ2v) is 9.78. The monoisotopic (exact) mass is 489 g/mol. The van der Waals surface area contributed by atoms with Crippen LogP contribution in [-0.2, 0) is 11.3 Å². The van der Waals surface area contributed by atoms with E-state index in [1.165, 1.54) is 0 Å². The Kier molecular flexibility index (Phi) is 6.96. The molecule has 36 heavy (non-hydrogen) atoms. The van der Waals surface area contributed by atoms with E-state index in [0.29, 0.717) is 26.3 Å². The van der Waals surface area contributed by atoms with Crippen LogP contribution in [0.4, 0.5) is 5.82 Å². The van der Waals surface area contributed by atoms with Gasteiger partial charge in [-0.05, 0) is 56.6 Å². The van der Waals surface area contributed by atoms with E-state index in [-0.39, 0.29) is 11.9 Å². The van der Waals surface area contributed by atoms with Gasteiger partial charge in [0.1, 0.15) is 24.9 Å². The molecule has 8 heteroatoms. The number of amides is 1. The second-order valence-electron chi connectivity index (χ2n) is 9.78. The van der Waals surface area contributed by atoms with Gasteiger partial charge >= 0.3 is 0 Å². The average Bonchev–Trinajstić information content (AvgIpc) is 3.14. The predicted octanol–water partition coefficient (Wildman–Crippen LogP) is 3.96. The molecule has 2 aliphatic heterocycles. The molecule has 190 valence electrons. The third-order valence-electron chi connectivity index (χ3n) is 7.30. The molecule has 1 aromatic heterocycles. The first-order chi connectivity index (χ1) is 17.4. The standard InChI is InChI=1S/C28H35N5O3/c1-19-7-5-8-23-27(19)29-26(30-28(23)33-12-6-11-32(13-14-33)21(3)34)18-31(4)20(2)22-9-10-24-25(17-22)36-16-15-35-24/h5,7-10,17,20H,6,11-16,18H2,1-4H3/t20-/m0/s1. The van der Waals surface area contributed by atoms with Gasteiger partial charge in [0.25, 0.3) is 0 Å². The van der Waals surface area contributed by atoms with Crippen molar-refractivity contribution in [3.8, 4) is 11.5 Å². The highest BCUT2D eigenvalue weighted by molar-refractivity contribution is 5.91. The number of hydrogen-bond acceptors (Lipinski definition) is 7. The van der Waals surface area contributed by atoms with Crippen LogP contribution in [0.3, 0.4) is 0 Å². The van der Waals surface area contributed by atoms with Crippen molar-refractivity contribution in [3.05, 3.63) is 53.3 Å². The minimum atomic E-state index is 0.135. The molecule has 3 aromatic rings. The zero-order valence-electron chi connectivity index (χ0n) is 21.7. The molecule has 8 nitrogen and oxygen atoms in total. The summed E-state index contributed by atoms with van der Waals surface area (Å²) in [6, 6.07) is 12.6. The Morgan fingerprint density at radius 2 is 1.86 bits per heavy atom. The summed E-state index contributed by atoms with van der Waals surface area (Å²) in [5, 5.41) is 1.07. The smallest absolute Gasteiger partial charge is 0.219 e. The topological polar surface area (TPSA) is 71.0 Å². The van der Waals surface area contributed by atoms with Gasteiger partial charge in [-0.1, -0.05) is 18.2 Å². The van der Waals surface area contributed by atoms with Crippen LogP contribution < -0.4 is 14.4 Å². The van der Waals surface area contributed by atoms with Crippen molar-refractivity contribution >= 4 is 22.6 Å². The van der Waals surface area contributed by atoms with Crippen LogP contribution >= 0.6 is 0 Å². The van der Waals surface area contributed by atoms with E-state index in [0.717, 1.165) is 71.2 Å². The van der Waals surface area contributed by atoms with Crippen LogP contribution in [0.25, 0.3) is 10.9 Å². The molecule has 2 aromatic carbocycles. The highest BCUT2D eigenvalue weighted by atomic mass is 16.6. The molecule has 2 aliphatic rings. The quantitative estimate of drug-likeness (QED) is 0.537. The fourth-order valence-corrected chi connectivity index (χ4v) is 5.01. The number of nitrogens with zero attached hydrogens (tertiary/aromatic N) is 5. The van der Waals surface area contributed by atoms with Crippen molar-refractivity contribution in [2.45, 2.75) is 39.8 Å². The highest BCUT2D eigenvalue weighted by Gasteiger charge is 2.22. The molecule has 3 heterocycles. The van der Waals surface area contributed by atoms with E-state index in [4.69, 9.17) is 19.4 Å². The molecular formula is C28H35N5O3. The van der Waals surface area contributed by atoms with Gasteiger partial charge in [-0.15, -0.1) is 0 Å². The molecule has 0 saturated carbocycles. The summed E-state index contributed by atoms with van der Waals surface area (Å²) in [5.74, 6) is 3.50. The Bertz CT molecular complexity index is 1260. The van der Waals surface area contributed by atoms with Crippen LogP contribution in [0, 0.1) is 6.92 Å². The van der Waals surface area contributed by atoms with Gasteiger partial charge in [0.05, 0.1) is 12.1 Å². The Labute approximate surface area is 212 Å². The normalized spacial score (nSPS) is 16.8. The van der Waals surface area contributed by atoms with Crippen molar-refractivity contribution in [1.82, 2.24) is 19.8 Å². The summed E-state index contributed by atoms with van der Waals surface area (Å²) in [4.78, 5) is 28.5.